The van der Waals surface area contributed by atoms with Gasteiger partial charge in [0.2, 0.25) is 12.0 Å². The lowest BCUT2D eigenvalue weighted by molar-refractivity contribution is -0.135. The van der Waals surface area contributed by atoms with E-state index in [0.717, 1.165) is 15.7 Å². The summed E-state index contributed by atoms with van der Waals surface area (Å²) in [5.41, 5.74) is 0. The minimum absolute atomic E-state index is 0.0773. The summed E-state index contributed by atoms with van der Waals surface area (Å²) in [5.74, 6) is 0.393. The first-order chi connectivity index (χ1) is 13.2. The average Bonchev–Trinajstić information content (AvgIpc) is 2.71. The van der Waals surface area contributed by atoms with E-state index in [9.17, 15) is 9.59 Å². The van der Waals surface area contributed by atoms with Gasteiger partial charge < -0.3 is 9.47 Å². The Morgan fingerprint density at radius 1 is 0.963 bits per heavy atom. The number of carbonyl (C=O) groups is 2. The van der Waals surface area contributed by atoms with Crippen molar-refractivity contribution in [1.29, 1.82) is 0 Å². The van der Waals surface area contributed by atoms with Crippen molar-refractivity contribution in [1.82, 2.24) is 5.32 Å². The first-order valence-electron chi connectivity index (χ1n) is 8.53. The maximum absolute atomic E-state index is 12.3. The number of nitrogens with one attached hydrogen (secondary N) is 1. The molecular formula is C21H17NO4S. The second-order valence-electron chi connectivity index (χ2n) is 6.07. The zero-order chi connectivity index (χ0) is 18.6. The average molecular weight is 379 g/mol. The number of benzene rings is 3. The van der Waals surface area contributed by atoms with E-state index in [1.54, 1.807) is 18.2 Å². The Kier molecular flexibility index (Phi) is 4.98. The topological polar surface area (TPSA) is 64.6 Å². The van der Waals surface area contributed by atoms with Crippen molar-refractivity contribution in [2.75, 3.05) is 12.4 Å². The smallest absolute Gasteiger partial charge is 0.271 e. The number of amides is 2. The number of hydrogen-bond donors (Lipinski definition) is 1. The zero-order valence-corrected chi connectivity index (χ0v) is 15.2. The highest BCUT2D eigenvalue weighted by atomic mass is 32.2. The third-order valence-corrected chi connectivity index (χ3v) is 5.15. The van der Waals surface area contributed by atoms with Crippen molar-refractivity contribution in [3.63, 3.8) is 0 Å². The van der Waals surface area contributed by atoms with Crippen LogP contribution < -0.4 is 14.8 Å². The van der Waals surface area contributed by atoms with Crippen molar-refractivity contribution < 1.29 is 19.1 Å². The van der Waals surface area contributed by atoms with Gasteiger partial charge in [0.15, 0.2) is 11.5 Å². The van der Waals surface area contributed by atoms with Gasteiger partial charge in [0.25, 0.3) is 5.91 Å². The highest BCUT2D eigenvalue weighted by Gasteiger charge is 2.28. The van der Waals surface area contributed by atoms with Crippen molar-refractivity contribution in [2.45, 2.75) is 11.0 Å². The van der Waals surface area contributed by atoms with Crippen LogP contribution >= 0.6 is 11.8 Å². The first kappa shape index (κ1) is 17.4. The molecule has 0 aromatic heterocycles. The predicted octanol–water partition coefficient (Wildman–Crippen LogP) is 3.41. The summed E-state index contributed by atoms with van der Waals surface area (Å²) in [6.07, 6.45) is -0.838. The summed E-state index contributed by atoms with van der Waals surface area (Å²) in [6.45, 7) is 0.0773. The van der Waals surface area contributed by atoms with Crippen LogP contribution in [0, 0.1) is 0 Å². The Labute approximate surface area is 160 Å². The molecule has 0 spiro atoms. The molecule has 1 N–H and O–H groups in total. The van der Waals surface area contributed by atoms with Gasteiger partial charge >= 0.3 is 0 Å². The number of ether oxygens (including phenoxy) is 2. The van der Waals surface area contributed by atoms with Gasteiger partial charge in [-0.15, -0.1) is 11.8 Å². The molecule has 3 aromatic carbocycles. The maximum Gasteiger partial charge on any atom is 0.271 e. The van der Waals surface area contributed by atoms with E-state index in [-0.39, 0.29) is 18.3 Å². The SMILES string of the molecule is O=C(CSc1ccc2ccccc2c1)NC(=O)[C@@H]1COc2ccccc2O1. The van der Waals surface area contributed by atoms with Crippen molar-refractivity contribution in [2.24, 2.45) is 0 Å². The molecule has 0 saturated heterocycles. The Balaban J connectivity index is 1.32. The predicted molar refractivity (Wildman–Crippen MR) is 104 cm³/mol. The normalized spacial score (nSPS) is 15.3. The Morgan fingerprint density at radius 2 is 1.70 bits per heavy atom. The minimum atomic E-state index is -0.838. The third kappa shape index (κ3) is 4.06. The molecule has 1 heterocycles. The van der Waals surface area contributed by atoms with Crippen LogP contribution in [0.2, 0.25) is 0 Å². The molecule has 0 radical (unpaired) electrons. The van der Waals surface area contributed by atoms with E-state index in [4.69, 9.17) is 9.47 Å². The van der Waals surface area contributed by atoms with Crippen molar-refractivity contribution >= 4 is 34.3 Å². The van der Waals surface area contributed by atoms with E-state index in [1.807, 2.05) is 48.5 Å². The van der Waals surface area contributed by atoms with Gasteiger partial charge in [0.1, 0.15) is 6.61 Å². The molecule has 5 nitrogen and oxygen atoms in total. The molecule has 1 aliphatic heterocycles. The van der Waals surface area contributed by atoms with Gasteiger partial charge in [0, 0.05) is 4.90 Å². The molecule has 1 atom stereocenters. The molecule has 27 heavy (non-hydrogen) atoms. The monoisotopic (exact) mass is 379 g/mol. The van der Waals surface area contributed by atoms with E-state index in [0.29, 0.717) is 11.5 Å². The molecule has 0 bridgehead atoms. The first-order valence-corrected chi connectivity index (χ1v) is 9.51. The van der Waals surface area contributed by atoms with Gasteiger partial charge in [-0.25, -0.2) is 0 Å². The van der Waals surface area contributed by atoms with Gasteiger partial charge in [-0.05, 0) is 35.0 Å². The van der Waals surface area contributed by atoms with Crippen LogP contribution in [-0.2, 0) is 9.59 Å². The summed E-state index contributed by atoms with van der Waals surface area (Å²) in [7, 11) is 0. The molecule has 2 amide bonds. The Bertz CT molecular complexity index is 1000. The number of rotatable bonds is 4. The molecular weight excluding hydrogens is 362 g/mol. The van der Waals surface area contributed by atoms with Crippen LogP contribution in [-0.4, -0.2) is 30.3 Å². The molecule has 0 saturated carbocycles. The highest BCUT2D eigenvalue weighted by molar-refractivity contribution is 8.00. The number of thioether (sulfide) groups is 1. The Morgan fingerprint density at radius 3 is 2.56 bits per heavy atom. The summed E-state index contributed by atoms with van der Waals surface area (Å²) in [4.78, 5) is 25.4. The lowest BCUT2D eigenvalue weighted by atomic mass is 10.1. The summed E-state index contributed by atoms with van der Waals surface area (Å²) in [6, 6.07) is 21.2. The summed E-state index contributed by atoms with van der Waals surface area (Å²) < 4.78 is 11.1. The number of fused-ring (bicyclic) bond motifs is 2. The number of para-hydroxylation sites is 2. The lowest BCUT2D eigenvalue weighted by Crippen LogP contribution is -2.46. The van der Waals surface area contributed by atoms with Crippen LogP contribution in [0.15, 0.2) is 71.6 Å². The molecule has 0 fully saturated rings. The van der Waals surface area contributed by atoms with E-state index < -0.39 is 12.0 Å². The minimum Gasteiger partial charge on any atom is -0.485 e. The van der Waals surface area contributed by atoms with Crippen molar-refractivity contribution in [3.05, 3.63) is 66.7 Å². The van der Waals surface area contributed by atoms with E-state index >= 15 is 0 Å². The van der Waals surface area contributed by atoms with Crippen molar-refractivity contribution in [3.8, 4) is 11.5 Å². The van der Waals surface area contributed by atoms with E-state index in [2.05, 4.69) is 5.32 Å². The number of hydrogen-bond acceptors (Lipinski definition) is 5. The quantitative estimate of drug-likeness (QED) is 0.704. The zero-order valence-electron chi connectivity index (χ0n) is 14.4. The molecule has 1 aliphatic rings. The second kappa shape index (κ2) is 7.72. The van der Waals surface area contributed by atoms with Crippen LogP contribution in [0.5, 0.6) is 11.5 Å². The second-order valence-corrected chi connectivity index (χ2v) is 7.12. The van der Waals surface area contributed by atoms with E-state index in [1.165, 1.54) is 11.8 Å². The van der Waals surface area contributed by atoms with Gasteiger partial charge in [-0.1, -0.05) is 42.5 Å². The Hall–Kier alpha value is -2.99. The number of imide groups is 1. The third-order valence-electron chi connectivity index (χ3n) is 4.15. The van der Waals surface area contributed by atoms with Crippen LogP contribution in [0.1, 0.15) is 0 Å². The largest absolute Gasteiger partial charge is 0.485 e. The van der Waals surface area contributed by atoms with Gasteiger partial charge in [-0.3, -0.25) is 14.9 Å². The molecule has 136 valence electrons. The number of carbonyl (C=O) groups excluding carboxylic acids is 2. The highest BCUT2D eigenvalue weighted by Crippen LogP contribution is 2.31. The lowest BCUT2D eigenvalue weighted by Gasteiger charge is -2.25. The molecule has 4 rings (SSSR count). The van der Waals surface area contributed by atoms with Crippen LogP contribution in [0.3, 0.4) is 0 Å². The molecule has 6 heteroatoms. The maximum atomic E-state index is 12.3. The summed E-state index contributed by atoms with van der Waals surface area (Å²) in [5, 5.41) is 4.65. The summed E-state index contributed by atoms with van der Waals surface area (Å²) >= 11 is 1.38. The van der Waals surface area contributed by atoms with Crippen LogP contribution in [0.25, 0.3) is 10.8 Å². The van der Waals surface area contributed by atoms with Gasteiger partial charge in [-0.2, -0.15) is 0 Å². The fourth-order valence-corrected chi connectivity index (χ4v) is 3.55. The fourth-order valence-electron chi connectivity index (χ4n) is 2.81. The molecule has 0 unspecified atom stereocenters. The van der Waals surface area contributed by atoms with Crippen LogP contribution in [0.4, 0.5) is 0 Å². The standard InChI is InChI=1S/C21H17NO4S/c23-20(13-27-16-10-9-14-5-1-2-6-15(14)11-16)22-21(24)19-12-25-17-7-3-4-8-18(17)26-19/h1-11,19H,12-13H2,(H,22,23,24)/t19-/m0/s1. The fraction of sp³-hybridized carbons (Fsp3) is 0.143. The van der Waals surface area contributed by atoms with Gasteiger partial charge in [0.05, 0.1) is 5.75 Å². The molecule has 3 aromatic rings. The molecule has 0 aliphatic carbocycles.